The number of likely N-dealkylation sites (N-methyl/N-ethyl adjacent to an activating group) is 1. The van der Waals surface area contributed by atoms with E-state index in [1.165, 1.54) is 0 Å². The predicted molar refractivity (Wildman–Crippen MR) is 140 cm³/mol. The lowest BCUT2D eigenvalue weighted by Gasteiger charge is -2.28. The summed E-state index contributed by atoms with van der Waals surface area (Å²) in [5, 5.41) is 7.75. The second-order valence-corrected chi connectivity index (χ2v) is 9.95. The number of rotatable bonds is 8. The zero-order valence-corrected chi connectivity index (χ0v) is 21.8. The zero-order valence-electron chi connectivity index (χ0n) is 21.8. The first-order valence-corrected chi connectivity index (χ1v) is 12.1. The van der Waals surface area contributed by atoms with E-state index in [4.69, 9.17) is 9.72 Å². The van der Waals surface area contributed by atoms with Gasteiger partial charge in [-0.15, -0.1) is 0 Å². The molecule has 0 fully saturated rings. The Hall–Kier alpha value is -3.95. The van der Waals surface area contributed by atoms with Gasteiger partial charge >= 0.3 is 6.09 Å². The molecule has 0 radical (unpaired) electrons. The van der Waals surface area contributed by atoms with Crippen molar-refractivity contribution in [3.63, 3.8) is 0 Å². The average molecular weight is 491 g/mol. The molecule has 10 nitrogen and oxygen atoms in total. The highest BCUT2D eigenvalue weighted by Crippen LogP contribution is 2.24. The molecule has 0 aliphatic carbocycles. The fourth-order valence-electron chi connectivity index (χ4n) is 3.95. The molecule has 4 aromatic rings. The second-order valence-electron chi connectivity index (χ2n) is 9.95. The van der Waals surface area contributed by atoms with Gasteiger partial charge in [0.25, 0.3) is 0 Å². The SMILES string of the molecule is CCCC(CN(C)C(=O)OC(C)(C)C)Nc1cccc(-c2cnc3cnc(-c4cnn(C)c4)cn23)n1. The van der Waals surface area contributed by atoms with Crippen molar-refractivity contribution in [1.29, 1.82) is 0 Å². The molecule has 4 rings (SSSR count). The van der Waals surface area contributed by atoms with Crippen molar-refractivity contribution < 1.29 is 9.53 Å². The maximum Gasteiger partial charge on any atom is 0.410 e. The van der Waals surface area contributed by atoms with Crippen molar-refractivity contribution in [3.05, 3.63) is 49.2 Å². The number of ether oxygens (including phenoxy) is 1. The number of carbonyl (C=O) groups excluding carboxylic acids is 1. The molecule has 10 heteroatoms. The molecule has 1 unspecified atom stereocenters. The van der Waals surface area contributed by atoms with Crippen LogP contribution in [0.1, 0.15) is 40.5 Å². The summed E-state index contributed by atoms with van der Waals surface area (Å²) >= 11 is 0. The van der Waals surface area contributed by atoms with Crippen LogP contribution in [0.2, 0.25) is 0 Å². The summed E-state index contributed by atoms with van der Waals surface area (Å²) in [5.41, 5.74) is 3.58. The van der Waals surface area contributed by atoms with Gasteiger partial charge in [0.05, 0.1) is 35.7 Å². The lowest BCUT2D eigenvalue weighted by atomic mass is 10.1. The Labute approximate surface area is 211 Å². The fourth-order valence-corrected chi connectivity index (χ4v) is 3.95. The predicted octanol–water partition coefficient (Wildman–Crippen LogP) is 4.64. The molecular formula is C26H34N8O2. The third-order valence-corrected chi connectivity index (χ3v) is 5.60. The Morgan fingerprint density at radius 2 is 1.94 bits per heavy atom. The topological polar surface area (TPSA) is 102 Å². The quantitative estimate of drug-likeness (QED) is 0.384. The van der Waals surface area contributed by atoms with Crippen molar-refractivity contribution in [2.75, 3.05) is 18.9 Å². The molecule has 1 atom stereocenters. The summed E-state index contributed by atoms with van der Waals surface area (Å²) in [6.07, 6.45) is 10.7. The zero-order chi connectivity index (χ0) is 25.9. The summed E-state index contributed by atoms with van der Waals surface area (Å²) in [5.74, 6) is 0.736. The summed E-state index contributed by atoms with van der Waals surface area (Å²) in [6, 6.07) is 5.89. The molecular weight excluding hydrogens is 456 g/mol. The molecule has 0 spiro atoms. The van der Waals surface area contributed by atoms with Crippen molar-refractivity contribution in [1.82, 2.24) is 34.0 Å². The number of aromatic nitrogens is 6. The van der Waals surface area contributed by atoms with Gasteiger partial charge < -0.3 is 15.0 Å². The minimum atomic E-state index is -0.532. The molecule has 0 bridgehead atoms. The smallest absolute Gasteiger partial charge is 0.410 e. The van der Waals surface area contributed by atoms with E-state index in [-0.39, 0.29) is 12.1 Å². The van der Waals surface area contributed by atoms with Gasteiger partial charge in [0.1, 0.15) is 11.4 Å². The van der Waals surface area contributed by atoms with Gasteiger partial charge in [-0.2, -0.15) is 5.10 Å². The van der Waals surface area contributed by atoms with Gasteiger partial charge in [-0.3, -0.25) is 14.1 Å². The number of nitrogens with one attached hydrogen (secondary N) is 1. The number of hydrogen-bond donors (Lipinski definition) is 1. The van der Waals surface area contributed by atoms with Crippen LogP contribution >= 0.6 is 0 Å². The lowest BCUT2D eigenvalue weighted by molar-refractivity contribution is 0.0291. The van der Waals surface area contributed by atoms with E-state index in [0.29, 0.717) is 6.54 Å². The van der Waals surface area contributed by atoms with Gasteiger partial charge in [0.15, 0.2) is 5.65 Å². The van der Waals surface area contributed by atoms with Crippen LogP contribution in [0.5, 0.6) is 0 Å². The number of anilines is 1. The third-order valence-electron chi connectivity index (χ3n) is 5.60. The Balaban J connectivity index is 1.55. The average Bonchev–Trinajstić information content (AvgIpc) is 3.44. The van der Waals surface area contributed by atoms with Gasteiger partial charge in [-0.05, 0) is 39.3 Å². The van der Waals surface area contributed by atoms with Crippen LogP contribution < -0.4 is 5.32 Å². The molecule has 0 aliphatic rings. The number of amides is 1. The summed E-state index contributed by atoms with van der Waals surface area (Å²) in [4.78, 5) is 28.0. The molecule has 4 heterocycles. The summed E-state index contributed by atoms with van der Waals surface area (Å²) < 4.78 is 9.24. The Kier molecular flexibility index (Phi) is 7.23. The van der Waals surface area contributed by atoms with Crippen LogP contribution in [0.15, 0.2) is 49.2 Å². The first kappa shape index (κ1) is 25.2. The van der Waals surface area contributed by atoms with Gasteiger partial charge in [-0.25, -0.2) is 14.8 Å². The van der Waals surface area contributed by atoms with E-state index in [1.807, 2.05) is 62.8 Å². The highest BCUT2D eigenvalue weighted by atomic mass is 16.6. The van der Waals surface area contributed by atoms with Crippen LogP contribution in [-0.2, 0) is 11.8 Å². The van der Waals surface area contributed by atoms with E-state index in [0.717, 1.165) is 47.0 Å². The fraction of sp³-hybridized carbons (Fsp3) is 0.423. The van der Waals surface area contributed by atoms with Crippen molar-refractivity contribution in [2.45, 2.75) is 52.2 Å². The number of hydrogen-bond acceptors (Lipinski definition) is 7. The highest BCUT2D eigenvalue weighted by Gasteiger charge is 2.22. The van der Waals surface area contributed by atoms with E-state index < -0.39 is 5.60 Å². The van der Waals surface area contributed by atoms with Crippen LogP contribution in [0.3, 0.4) is 0 Å². The normalized spacial score (nSPS) is 12.5. The Morgan fingerprint density at radius 1 is 1.14 bits per heavy atom. The molecule has 190 valence electrons. The molecule has 1 amide bonds. The van der Waals surface area contributed by atoms with E-state index in [2.05, 4.69) is 27.3 Å². The molecule has 0 saturated carbocycles. The van der Waals surface area contributed by atoms with E-state index in [9.17, 15) is 4.79 Å². The van der Waals surface area contributed by atoms with Crippen LogP contribution in [0.25, 0.3) is 28.3 Å². The van der Waals surface area contributed by atoms with E-state index >= 15 is 0 Å². The van der Waals surface area contributed by atoms with Crippen molar-refractivity contribution in [2.24, 2.45) is 7.05 Å². The number of aryl methyl sites for hydroxylation is 1. The minimum absolute atomic E-state index is 0.0267. The number of pyridine rings is 1. The number of fused-ring (bicyclic) bond motifs is 1. The largest absolute Gasteiger partial charge is 0.444 e. The number of nitrogens with zero attached hydrogens (tertiary/aromatic N) is 7. The molecule has 0 saturated heterocycles. The van der Waals surface area contributed by atoms with Gasteiger partial charge in [0.2, 0.25) is 0 Å². The molecule has 0 aliphatic heterocycles. The first-order chi connectivity index (χ1) is 17.1. The number of imidazole rings is 1. The van der Waals surface area contributed by atoms with Crippen molar-refractivity contribution >= 4 is 17.6 Å². The summed E-state index contributed by atoms with van der Waals surface area (Å²) in [6.45, 7) is 8.23. The second kappa shape index (κ2) is 10.3. The maximum atomic E-state index is 12.5. The van der Waals surface area contributed by atoms with Crippen LogP contribution in [-0.4, -0.2) is 65.4 Å². The summed E-state index contributed by atoms with van der Waals surface area (Å²) in [7, 11) is 3.64. The standard InChI is InChI=1S/C26H34N8O2/c1-7-9-19(16-32(5)25(35)36-26(2,3)4)30-23-11-8-10-20(31-23)22-13-28-24-14-27-21(17-34(22)24)18-12-29-33(6)15-18/h8,10-15,17,19H,7,9,16H2,1-6H3,(H,30,31). The molecule has 0 aromatic carbocycles. The molecule has 36 heavy (non-hydrogen) atoms. The highest BCUT2D eigenvalue weighted by molar-refractivity contribution is 5.68. The third kappa shape index (κ3) is 5.99. The maximum absolute atomic E-state index is 12.5. The Morgan fingerprint density at radius 3 is 2.64 bits per heavy atom. The first-order valence-electron chi connectivity index (χ1n) is 12.1. The minimum Gasteiger partial charge on any atom is -0.444 e. The monoisotopic (exact) mass is 490 g/mol. The van der Waals surface area contributed by atoms with Crippen molar-refractivity contribution in [3.8, 4) is 22.6 Å². The van der Waals surface area contributed by atoms with E-state index in [1.54, 1.807) is 35.2 Å². The molecule has 4 aromatic heterocycles. The van der Waals surface area contributed by atoms with Gasteiger partial charge in [-0.1, -0.05) is 19.4 Å². The van der Waals surface area contributed by atoms with Gasteiger partial charge in [0, 0.05) is 44.6 Å². The lowest BCUT2D eigenvalue weighted by Crippen LogP contribution is -2.41. The number of carbonyl (C=O) groups is 1. The molecule has 1 N–H and O–H groups in total. The van der Waals surface area contributed by atoms with Crippen LogP contribution in [0.4, 0.5) is 10.6 Å². The van der Waals surface area contributed by atoms with Crippen LogP contribution in [0, 0.1) is 0 Å². The Bertz CT molecular complexity index is 1340.